The average molecular weight is 520 g/mol. The molecule has 5 rings (SSSR count). The third-order valence-corrected chi connectivity index (χ3v) is 7.61. The molecule has 0 spiro atoms. The zero-order valence-corrected chi connectivity index (χ0v) is 21.5. The first-order chi connectivity index (χ1) is 18.1. The van der Waals surface area contributed by atoms with Crippen LogP contribution < -0.4 is 4.74 Å². The summed E-state index contributed by atoms with van der Waals surface area (Å²) in [5.74, 6) is 0.773. The minimum atomic E-state index is -0.620. The third-order valence-electron chi connectivity index (χ3n) is 6.44. The van der Waals surface area contributed by atoms with Crippen LogP contribution in [-0.4, -0.2) is 43.5 Å². The molecule has 0 bridgehead atoms. The molecule has 0 aliphatic carbocycles. The van der Waals surface area contributed by atoms with Gasteiger partial charge in [-0.05, 0) is 42.3 Å². The molecule has 2 fully saturated rings. The fraction of sp³-hybridized carbons (Fsp3) is 0.357. The van der Waals surface area contributed by atoms with Crippen LogP contribution in [0.5, 0.6) is 5.75 Å². The number of azide groups is 1. The number of thioether (sulfide) groups is 1. The van der Waals surface area contributed by atoms with Crippen LogP contribution in [0.1, 0.15) is 23.0 Å². The van der Waals surface area contributed by atoms with E-state index in [1.165, 1.54) is 17.3 Å². The molecule has 8 nitrogen and oxygen atoms in total. The van der Waals surface area contributed by atoms with Crippen molar-refractivity contribution in [3.05, 3.63) is 106 Å². The Morgan fingerprint density at radius 3 is 2.46 bits per heavy atom. The number of methoxy groups -OCH3 is 1. The second-order valence-corrected chi connectivity index (χ2v) is 10.1. The van der Waals surface area contributed by atoms with Crippen molar-refractivity contribution >= 4 is 11.8 Å². The maximum Gasteiger partial charge on any atom is 0.184 e. The van der Waals surface area contributed by atoms with E-state index in [9.17, 15) is 5.53 Å². The van der Waals surface area contributed by atoms with Crippen LogP contribution in [0.15, 0.2) is 88.9 Å². The highest BCUT2D eigenvalue weighted by Crippen LogP contribution is 2.41. The van der Waals surface area contributed by atoms with E-state index in [1.807, 2.05) is 85.8 Å². The summed E-state index contributed by atoms with van der Waals surface area (Å²) in [5, 5.41) is 4.16. The van der Waals surface area contributed by atoms with Gasteiger partial charge in [0, 0.05) is 15.4 Å². The lowest BCUT2D eigenvalue weighted by molar-refractivity contribution is -0.311. The van der Waals surface area contributed by atoms with Crippen LogP contribution in [0.25, 0.3) is 10.4 Å². The zero-order chi connectivity index (χ0) is 25.6. The Labute approximate surface area is 220 Å². The molecule has 1 unspecified atom stereocenters. The summed E-state index contributed by atoms with van der Waals surface area (Å²) < 4.78 is 30.6. The maximum absolute atomic E-state index is 9.48. The third kappa shape index (κ3) is 6.10. The molecule has 0 amide bonds. The lowest BCUT2D eigenvalue weighted by Gasteiger charge is -2.48. The normalized spacial score (nSPS) is 27.1. The van der Waals surface area contributed by atoms with E-state index in [1.54, 1.807) is 7.11 Å². The van der Waals surface area contributed by atoms with Crippen LogP contribution in [0.4, 0.5) is 0 Å². The number of nitrogens with zero attached hydrogens (tertiary/aromatic N) is 3. The molecule has 0 saturated carbocycles. The second kappa shape index (κ2) is 12.0. The Bertz CT molecular complexity index is 1200. The summed E-state index contributed by atoms with van der Waals surface area (Å²) in [6.45, 7) is 2.69. The van der Waals surface area contributed by atoms with Gasteiger partial charge in [0.1, 0.15) is 29.4 Å². The first-order valence-electron chi connectivity index (χ1n) is 12.1. The summed E-state index contributed by atoms with van der Waals surface area (Å²) in [7, 11) is 1.63. The maximum atomic E-state index is 9.48. The summed E-state index contributed by atoms with van der Waals surface area (Å²) in [6, 6.07) is 25.0. The van der Waals surface area contributed by atoms with Gasteiger partial charge in [0.25, 0.3) is 0 Å². The number of hydrogen-bond donors (Lipinski definition) is 0. The van der Waals surface area contributed by atoms with Gasteiger partial charge in [0.15, 0.2) is 6.29 Å². The molecule has 0 radical (unpaired) electrons. The number of rotatable bonds is 8. The quantitative estimate of drug-likeness (QED) is 0.200. The lowest BCUT2D eigenvalue weighted by atomic mass is 9.97. The Hall–Kier alpha value is -3.04. The largest absolute Gasteiger partial charge is 0.497 e. The number of benzene rings is 3. The summed E-state index contributed by atoms with van der Waals surface area (Å²) in [4.78, 5) is 4.17. The fourth-order valence-corrected chi connectivity index (χ4v) is 5.58. The van der Waals surface area contributed by atoms with Crippen molar-refractivity contribution in [3.63, 3.8) is 0 Å². The first-order valence-corrected chi connectivity index (χ1v) is 13.0. The molecule has 2 saturated heterocycles. The molecule has 3 aromatic carbocycles. The van der Waals surface area contributed by atoms with Gasteiger partial charge in [-0.1, -0.05) is 77.0 Å². The Morgan fingerprint density at radius 1 is 1.00 bits per heavy atom. The minimum Gasteiger partial charge on any atom is -0.497 e. The van der Waals surface area contributed by atoms with Gasteiger partial charge >= 0.3 is 0 Å². The zero-order valence-electron chi connectivity index (χ0n) is 20.7. The van der Waals surface area contributed by atoms with Crippen LogP contribution in [0.2, 0.25) is 0 Å². The smallest absolute Gasteiger partial charge is 0.184 e. The van der Waals surface area contributed by atoms with Crippen LogP contribution in [0, 0.1) is 6.92 Å². The molecule has 9 heteroatoms. The van der Waals surface area contributed by atoms with Crippen molar-refractivity contribution in [2.24, 2.45) is 5.11 Å². The van der Waals surface area contributed by atoms with Gasteiger partial charge in [-0.3, -0.25) is 0 Å². The molecule has 37 heavy (non-hydrogen) atoms. The molecule has 2 heterocycles. The minimum absolute atomic E-state index is 0.317. The Kier molecular flexibility index (Phi) is 8.31. The molecule has 2 aliphatic heterocycles. The Balaban J connectivity index is 1.41. The summed E-state index contributed by atoms with van der Waals surface area (Å²) in [5.41, 5.74) is 12.1. The molecule has 3 aromatic rings. The molecule has 0 aromatic heterocycles. The van der Waals surface area contributed by atoms with Crippen LogP contribution in [0.3, 0.4) is 0 Å². The van der Waals surface area contributed by atoms with E-state index < -0.39 is 30.0 Å². The van der Waals surface area contributed by atoms with Crippen LogP contribution in [-0.2, 0) is 25.6 Å². The number of ether oxygens (including phenoxy) is 5. The lowest BCUT2D eigenvalue weighted by Crippen LogP contribution is -2.61. The fourth-order valence-electron chi connectivity index (χ4n) is 4.48. The highest BCUT2D eigenvalue weighted by Gasteiger charge is 2.50. The number of aryl methyl sites for hydroxylation is 1. The predicted octanol–water partition coefficient (Wildman–Crippen LogP) is 6.20. The molecular formula is C28H29N3O5S. The number of hydrogen-bond acceptors (Lipinski definition) is 7. The SMILES string of the molecule is COc1ccc(CO[C@@H]2[C@H](N=[N+]=[N-])[C@@H](Sc3ccc(C)cc3)O[C@@H]3COC(c4ccccc4)O[C@@H]23)cc1. The molecule has 2 aliphatic rings. The van der Waals surface area contributed by atoms with Crippen molar-refractivity contribution < 1.29 is 23.7 Å². The Morgan fingerprint density at radius 2 is 1.76 bits per heavy atom. The van der Waals surface area contributed by atoms with Crippen molar-refractivity contribution in [1.82, 2.24) is 0 Å². The molecule has 0 N–H and O–H groups in total. The van der Waals surface area contributed by atoms with E-state index in [-0.39, 0.29) is 6.10 Å². The van der Waals surface area contributed by atoms with E-state index in [0.717, 1.165) is 21.8 Å². The summed E-state index contributed by atoms with van der Waals surface area (Å²) >= 11 is 1.51. The average Bonchev–Trinajstić information content (AvgIpc) is 2.94. The number of fused-ring (bicyclic) bond motifs is 1. The molecule has 192 valence electrons. The van der Waals surface area contributed by atoms with Crippen LogP contribution >= 0.6 is 11.8 Å². The topological polar surface area (TPSA) is 94.9 Å². The van der Waals surface area contributed by atoms with Crippen molar-refractivity contribution in [1.29, 1.82) is 0 Å². The highest BCUT2D eigenvalue weighted by molar-refractivity contribution is 7.99. The van der Waals surface area contributed by atoms with Gasteiger partial charge in [0.2, 0.25) is 0 Å². The summed E-state index contributed by atoms with van der Waals surface area (Å²) in [6.07, 6.45) is -1.97. The predicted molar refractivity (Wildman–Crippen MR) is 140 cm³/mol. The van der Waals surface area contributed by atoms with E-state index >= 15 is 0 Å². The van der Waals surface area contributed by atoms with Gasteiger partial charge in [-0.15, -0.1) is 0 Å². The van der Waals surface area contributed by atoms with Crippen molar-refractivity contribution in [2.45, 2.75) is 54.5 Å². The van der Waals surface area contributed by atoms with Crippen molar-refractivity contribution in [2.75, 3.05) is 13.7 Å². The monoisotopic (exact) mass is 519 g/mol. The van der Waals surface area contributed by atoms with Gasteiger partial charge < -0.3 is 23.7 Å². The van der Waals surface area contributed by atoms with E-state index in [0.29, 0.717) is 13.2 Å². The van der Waals surface area contributed by atoms with E-state index in [4.69, 9.17) is 23.7 Å². The van der Waals surface area contributed by atoms with E-state index in [2.05, 4.69) is 10.0 Å². The molecular weight excluding hydrogens is 490 g/mol. The van der Waals surface area contributed by atoms with Gasteiger partial charge in [-0.2, -0.15) is 0 Å². The standard InChI is InChI=1S/C28H29N3O5S/c1-18-8-14-22(15-9-18)37-28-24(30-31-29)26(33-16-19-10-12-21(32-2)13-11-19)25-23(35-28)17-34-27(36-25)20-6-4-3-5-7-20/h3-15,23-28H,16-17H2,1-2H3/t23-,24+,25-,26-,27?,28-/m1/s1. The second-order valence-electron chi connectivity index (χ2n) is 8.97. The molecule has 6 atom stereocenters. The first kappa shape index (κ1) is 25.6. The van der Waals surface area contributed by atoms with Gasteiger partial charge in [-0.25, -0.2) is 0 Å². The van der Waals surface area contributed by atoms with Gasteiger partial charge in [0.05, 0.1) is 26.4 Å². The highest BCUT2D eigenvalue weighted by atomic mass is 32.2. The van der Waals surface area contributed by atoms with Crippen molar-refractivity contribution in [3.8, 4) is 5.75 Å².